The van der Waals surface area contributed by atoms with Gasteiger partial charge in [-0.1, -0.05) is 54.1 Å². The fourth-order valence-corrected chi connectivity index (χ4v) is 3.84. The highest BCUT2D eigenvalue weighted by atomic mass is 35.5. The van der Waals surface area contributed by atoms with Gasteiger partial charge in [-0.15, -0.1) is 0 Å². The Morgan fingerprint density at radius 1 is 0.897 bits per heavy atom. The number of benzene rings is 3. The molecular formula is C24H21ClN2O2. The van der Waals surface area contributed by atoms with Gasteiger partial charge >= 0.3 is 0 Å². The summed E-state index contributed by atoms with van der Waals surface area (Å²) >= 11 is 6.26. The Labute approximate surface area is 174 Å². The molecule has 5 heteroatoms. The van der Waals surface area contributed by atoms with E-state index in [-0.39, 0.29) is 23.7 Å². The Kier molecular flexibility index (Phi) is 5.36. The van der Waals surface area contributed by atoms with E-state index >= 15 is 0 Å². The van der Waals surface area contributed by atoms with E-state index in [1.54, 1.807) is 12.1 Å². The van der Waals surface area contributed by atoms with Crippen molar-refractivity contribution in [1.82, 2.24) is 0 Å². The van der Waals surface area contributed by atoms with Crippen LogP contribution >= 0.6 is 11.6 Å². The Morgan fingerprint density at radius 2 is 1.62 bits per heavy atom. The number of halogens is 1. The smallest absolute Gasteiger partial charge is 0.256 e. The summed E-state index contributed by atoms with van der Waals surface area (Å²) in [6.07, 6.45) is 0.781. The molecule has 2 amide bonds. The molecular weight excluding hydrogens is 384 g/mol. The highest BCUT2D eigenvalue weighted by Crippen LogP contribution is 2.50. The molecule has 0 spiro atoms. The van der Waals surface area contributed by atoms with Crippen LogP contribution in [0.1, 0.15) is 33.8 Å². The van der Waals surface area contributed by atoms with Crippen LogP contribution in [0, 0.1) is 12.8 Å². The van der Waals surface area contributed by atoms with Crippen LogP contribution in [0.3, 0.4) is 0 Å². The average Bonchev–Trinajstić information content (AvgIpc) is 3.51. The van der Waals surface area contributed by atoms with Gasteiger partial charge in [-0.25, -0.2) is 0 Å². The van der Waals surface area contributed by atoms with Crippen LogP contribution in [0.15, 0.2) is 72.8 Å². The van der Waals surface area contributed by atoms with Gasteiger partial charge in [0.15, 0.2) is 0 Å². The molecule has 0 aromatic heterocycles. The van der Waals surface area contributed by atoms with Gasteiger partial charge in [0, 0.05) is 27.9 Å². The third-order valence-electron chi connectivity index (χ3n) is 5.30. The third-order valence-corrected chi connectivity index (χ3v) is 5.64. The van der Waals surface area contributed by atoms with Crippen molar-refractivity contribution in [3.05, 3.63) is 94.5 Å². The standard InChI is InChI=1S/C24H21ClN2O2/c1-15-17(23(28)26-16-8-3-2-4-9-16)11-7-13-22(15)27-24(29)20-14-19(20)18-10-5-6-12-21(18)25/h2-13,19-20H,14H2,1H3,(H,26,28)(H,27,29). The molecule has 146 valence electrons. The number of nitrogens with one attached hydrogen (secondary N) is 2. The summed E-state index contributed by atoms with van der Waals surface area (Å²) < 4.78 is 0. The summed E-state index contributed by atoms with van der Waals surface area (Å²) in [4.78, 5) is 25.4. The van der Waals surface area contributed by atoms with E-state index in [4.69, 9.17) is 11.6 Å². The van der Waals surface area contributed by atoms with E-state index in [9.17, 15) is 9.59 Å². The van der Waals surface area contributed by atoms with Crippen molar-refractivity contribution in [1.29, 1.82) is 0 Å². The van der Waals surface area contributed by atoms with Crippen molar-refractivity contribution in [2.45, 2.75) is 19.3 Å². The van der Waals surface area contributed by atoms with Crippen molar-refractivity contribution < 1.29 is 9.59 Å². The second-order valence-electron chi connectivity index (χ2n) is 7.26. The lowest BCUT2D eigenvalue weighted by atomic mass is 10.1. The van der Waals surface area contributed by atoms with E-state index in [0.29, 0.717) is 16.3 Å². The Bertz CT molecular complexity index is 1070. The first-order valence-electron chi connectivity index (χ1n) is 9.56. The van der Waals surface area contributed by atoms with E-state index < -0.39 is 0 Å². The van der Waals surface area contributed by atoms with Crippen molar-refractivity contribution >= 4 is 34.8 Å². The van der Waals surface area contributed by atoms with Crippen molar-refractivity contribution in [2.75, 3.05) is 10.6 Å². The lowest BCUT2D eigenvalue weighted by molar-refractivity contribution is -0.117. The molecule has 1 aliphatic rings. The summed E-state index contributed by atoms with van der Waals surface area (Å²) in [5, 5.41) is 6.57. The highest BCUT2D eigenvalue weighted by Gasteiger charge is 2.44. The van der Waals surface area contributed by atoms with Crippen LogP contribution in [0.4, 0.5) is 11.4 Å². The van der Waals surface area contributed by atoms with Gasteiger partial charge in [0.05, 0.1) is 0 Å². The van der Waals surface area contributed by atoms with E-state index in [2.05, 4.69) is 10.6 Å². The van der Waals surface area contributed by atoms with E-state index in [1.165, 1.54) is 0 Å². The second-order valence-corrected chi connectivity index (χ2v) is 7.66. The molecule has 0 bridgehead atoms. The Hall–Kier alpha value is -3.11. The largest absolute Gasteiger partial charge is 0.326 e. The summed E-state index contributed by atoms with van der Waals surface area (Å²) in [5.74, 6) is -0.200. The molecule has 2 atom stereocenters. The van der Waals surface area contributed by atoms with Gasteiger partial charge < -0.3 is 10.6 Å². The first kappa shape index (κ1) is 19.2. The van der Waals surface area contributed by atoms with Crippen LogP contribution in [0.25, 0.3) is 0 Å². The lowest BCUT2D eigenvalue weighted by Crippen LogP contribution is -2.18. The number of anilines is 2. The Balaban J connectivity index is 1.46. The minimum atomic E-state index is -0.204. The van der Waals surface area contributed by atoms with Crippen molar-refractivity contribution in [3.63, 3.8) is 0 Å². The summed E-state index contributed by atoms with van der Waals surface area (Å²) in [7, 11) is 0. The zero-order valence-electron chi connectivity index (χ0n) is 16.0. The molecule has 4 rings (SSSR count). The predicted molar refractivity (Wildman–Crippen MR) is 117 cm³/mol. The van der Waals surface area contributed by atoms with E-state index in [0.717, 1.165) is 23.2 Å². The summed E-state index contributed by atoms with van der Waals surface area (Å²) in [6.45, 7) is 1.84. The van der Waals surface area contributed by atoms with Crippen LogP contribution < -0.4 is 10.6 Å². The molecule has 4 nitrogen and oxygen atoms in total. The Morgan fingerprint density at radius 3 is 2.38 bits per heavy atom. The maximum absolute atomic E-state index is 12.7. The van der Waals surface area contributed by atoms with Crippen LogP contribution in [0.5, 0.6) is 0 Å². The number of carbonyl (C=O) groups is 2. The van der Waals surface area contributed by atoms with Crippen LogP contribution in [-0.2, 0) is 4.79 Å². The zero-order valence-corrected chi connectivity index (χ0v) is 16.7. The molecule has 1 saturated carbocycles. The molecule has 3 aromatic carbocycles. The van der Waals surface area contributed by atoms with Gasteiger partial charge in [-0.05, 0) is 60.7 Å². The quantitative estimate of drug-likeness (QED) is 0.577. The number of hydrogen-bond acceptors (Lipinski definition) is 2. The molecule has 2 N–H and O–H groups in total. The van der Waals surface area contributed by atoms with Gasteiger partial charge in [-0.2, -0.15) is 0 Å². The minimum Gasteiger partial charge on any atom is -0.326 e. The maximum Gasteiger partial charge on any atom is 0.256 e. The fourth-order valence-electron chi connectivity index (χ4n) is 3.57. The number of amides is 2. The summed E-state index contributed by atoms with van der Waals surface area (Å²) in [6, 6.07) is 22.3. The summed E-state index contributed by atoms with van der Waals surface area (Å²) in [5.41, 5.74) is 3.67. The molecule has 0 radical (unpaired) electrons. The molecule has 1 fully saturated rings. The fraction of sp³-hybridized carbons (Fsp3) is 0.167. The van der Waals surface area contributed by atoms with Crippen LogP contribution in [0.2, 0.25) is 5.02 Å². The SMILES string of the molecule is Cc1c(NC(=O)C2CC2c2ccccc2Cl)cccc1C(=O)Nc1ccccc1. The molecule has 29 heavy (non-hydrogen) atoms. The van der Waals surface area contributed by atoms with Gasteiger partial charge in [0.1, 0.15) is 0 Å². The average molecular weight is 405 g/mol. The van der Waals surface area contributed by atoms with Gasteiger partial charge in [0.2, 0.25) is 5.91 Å². The number of rotatable bonds is 5. The topological polar surface area (TPSA) is 58.2 Å². The maximum atomic E-state index is 12.7. The molecule has 0 aliphatic heterocycles. The highest BCUT2D eigenvalue weighted by molar-refractivity contribution is 6.31. The number of hydrogen-bond donors (Lipinski definition) is 2. The van der Waals surface area contributed by atoms with Crippen LogP contribution in [-0.4, -0.2) is 11.8 Å². The first-order valence-corrected chi connectivity index (χ1v) is 9.93. The predicted octanol–water partition coefficient (Wildman–Crippen LogP) is 5.64. The molecule has 1 aliphatic carbocycles. The van der Waals surface area contributed by atoms with Gasteiger partial charge in [0.25, 0.3) is 5.91 Å². The molecule has 0 saturated heterocycles. The molecule has 0 heterocycles. The number of carbonyl (C=O) groups excluding carboxylic acids is 2. The zero-order chi connectivity index (χ0) is 20.4. The normalized spacial score (nSPS) is 17.4. The van der Waals surface area contributed by atoms with Crippen molar-refractivity contribution in [2.24, 2.45) is 5.92 Å². The lowest BCUT2D eigenvalue weighted by Gasteiger charge is -2.13. The van der Waals surface area contributed by atoms with E-state index in [1.807, 2.05) is 67.6 Å². The monoisotopic (exact) mass is 404 g/mol. The first-order chi connectivity index (χ1) is 14.0. The number of para-hydroxylation sites is 1. The molecule has 3 aromatic rings. The second kappa shape index (κ2) is 8.10. The molecule has 2 unspecified atom stereocenters. The minimum absolute atomic E-state index is 0.0429. The van der Waals surface area contributed by atoms with Crippen molar-refractivity contribution in [3.8, 4) is 0 Å². The third kappa shape index (κ3) is 4.17. The van der Waals surface area contributed by atoms with Gasteiger partial charge in [-0.3, -0.25) is 9.59 Å².